The van der Waals surface area contributed by atoms with Gasteiger partial charge in [0.05, 0.1) is 11.9 Å². The van der Waals surface area contributed by atoms with Crippen LogP contribution in [0.1, 0.15) is 20.9 Å². The lowest BCUT2D eigenvalue weighted by molar-refractivity contribution is 0.0701. The van der Waals surface area contributed by atoms with Crippen LogP contribution in [0.5, 0.6) is 0 Å². The third kappa shape index (κ3) is 1.70. The Kier molecular flexibility index (Phi) is 2.56. The minimum Gasteiger partial charge on any atom is -0.477 e. The van der Waals surface area contributed by atoms with Gasteiger partial charge in [-0.1, -0.05) is 0 Å². The summed E-state index contributed by atoms with van der Waals surface area (Å²) in [6.07, 6.45) is 3.14. The molecule has 0 saturated carbocycles. The molecule has 0 aliphatic rings. The number of rotatable bonds is 2. The van der Waals surface area contributed by atoms with Gasteiger partial charge in [0.25, 0.3) is 0 Å². The monoisotopic (exact) mass is 274 g/mol. The number of nitrogens with one attached hydrogen (secondary N) is 1. The summed E-state index contributed by atoms with van der Waals surface area (Å²) in [6, 6.07) is 0. The van der Waals surface area contributed by atoms with Crippen LogP contribution in [0.15, 0.2) is 12.5 Å². The van der Waals surface area contributed by atoms with E-state index in [4.69, 9.17) is 0 Å². The fraction of sp³-hybridized carbons (Fsp3) is 0.167. The van der Waals surface area contributed by atoms with Gasteiger partial charge >= 0.3 is 5.97 Å². The Morgan fingerprint density at radius 3 is 2.79 bits per heavy atom. The number of hydrogen-bond donors (Lipinski definition) is 2. The second-order valence-corrected chi connectivity index (χ2v) is 5.17. The summed E-state index contributed by atoms with van der Waals surface area (Å²) in [6.45, 7) is 3.68. The highest BCUT2D eigenvalue weighted by molar-refractivity contribution is 7.20. The number of fused-ring (bicyclic) bond motifs is 1. The fourth-order valence-electron chi connectivity index (χ4n) is 2.07. The van der Waals surface area contributed by atoms with Crippen LogP contribution in [-0.2, 0) is 0 Å². The quantitative estimate of drug-likeness (QED) is 0.748. The van der Waals surface area contributed by atoms with Gasteiger partial charge in [-0.2, -0.15) is 5.10 Å². The number of aromatic nitrogens is 4. The van der Waals surface area contributed by atoms with E-state index in [0.717, 1.165) is 22.3 Å². The molecule has 0 aliphatic heterocycles. The zero-order valence-corrected chi connectivity index (χ0v) is 11.1. The number of carboxylic acid groups (broad SMARTS) is 1. The Balaban J connectivity index is 2.38. The van der Waals surface area contributed by atoms with Crippen molar-refractivity contribution < 1.29 is 9.90 Å². The van der Waals surface area contributed by atoms with Gasteiger partial charge in [0.1, 0.15) is 16.0 Å². The molecule has 0 atom stereocenters. The Labute approximate surface area is 112 Å². The average molecular weight is 274 g/mol. The number of hydrogen-bond acceptors (Lipinski definition) is 5. The second kappa shape index (κ2) is 4.13. The number of thiophene rings is 1. The molecule has 2 N–H and O–H groups in total. The van der Waals surface area contributed by atoms with Crippen molar-refractivity contribution in [2.45, 2.75) is 13.8 Å². The molecular weight excluding hydrogens is 264 g/mol. The van der Waals surface area contributed by atoms with Crippen LogP contribution >= 0.6 is 11.3 Å². The van der Waals surface area contributed by atoms with Crippen LogP contribution in [0.2, 0.25) is 0 Å². The van der Waals surface area contributed by atoms with Gasteiger partial charge in [-0.15, -0.1) is 11.3 Å². The second-order valence-electron chi connectivity index (χ2n) is 4.17. The van der Waals surface area contributed by atoms with E-state index >= 15 is 0 Å². The molecule has 0 amide bonds. The van der Waals surface area contributed by atoms with E-state index in [9.17, 15) is 9.90 Å². The Morgan fingerprint density at radius 1 is 1.37 bits per heavy atom. The maximum Gasteiger partial charge on any atom is 0.346 e. The van der Waals surface area contributed by atoms with E-state index in [1.165, 1.54) is 17.7 Å². The topological polar surface area (TPSA) is 91.8 Å². The molecule has 6 nitrogen and oxygen atoms in total. The standard InChI is InChI=1S/C12H10N4O2S/c1-5-8-9(7-3-15-16-6(7)2)13-4-14-11(8)19-10(5)12(17)18/h3-4H,1-2H3,(H,15,16)(H,17,18). The van der Waals surface area contributed by atoms with Gasteiger partial charge in [0.2, 0.25) is 0 Å². The van der Waals surface area contributed by atoms with E-state index in [-0.39, 0.29) is 0 Å². The molecule has 0 radical (unpaired) electrons. The van der Waals surface area contributed by atoms with Crippen LogP contribution in [0.25, 0.3) is 21.5 Å². The number of carboxylic acids is 1. The molecule has 19 heavy (non-hydrogen) atoms. The molecule has 0 aliphatic carbocycles. The molecule has 0 spiro atoms. The summed E-state index contributed by atoms with van der Waals surface area (Å²) >= 11 is 1.17. The normalized spacial score (nSPS) is 11.1. The smallest absolute Gasteiger partial charge is 0.346 e. The molecule has 96 valence electrons. The summed E-state index contributed by atoms with van der Waals surface area (Å²) in [7, 11) is 0. The summed E-state index contributed by atoms with van der Waals surface area (Å²) < 4.78 is 0. The van der Waals surface area contributed by atoms with Gasteiger partial charge in [-0.25, -0.2) is 14.8 Å². The van der Waals surface area contributed by atoms with Gasteiger partial charge in [-0.3, -0.25) is 5.10 Å². The number of aromatic amines is 1. The van der Waals surface area contributed by atoms with Crippen molar-refractivity contribution in [2.75, 3.05) is 0 Å². The van der Waals surface area contributed by atoms with Gasteiger partial charge in [0.15, 0.2) is 0 Å². The summed E-state index contributed by atoms with van der Waals surface area (Å²) in [5.74, 6) is -0.935. The van der Waals surface area contributed by atoms with Crippen molar-refractivity contribution >= 4 is 27.5 Å². The SMILES string of the molecule is Cc1[nH]ncc1-c1ncnc2sc(C(=O)O)c(C)c12. The van der Waals surface area contributed by atoms with Crippen LogP contribution in [0.3, 0.4) is 0 Å². The number of carbonyl (C=O) groups is 1. The Bertz CT molecular complexity index is 790. The molecule has 3 aromatic rings. The maximum atomic E-state index is 11.2. The summed E-state index contributed by atoms with van der Waals surface area (Å²) in [5.41, 5.74) is 3.17. The van der Waals surface area contributed by atoms with Crippen molar-refractivity contribution in [3.05, 3.63) is 28.7 Å². The lowest BCUT2D eigenvalue weighted by atomic mass is 10.1. The molecule has 0 bridgehead atoms. The molecule has 3 rings (SSSR count). The highest BCUT2D eigenvalue weighted by atomic mass is 32.1. The molecule has 0 unspecified atom stereocenters. The van der Waals surface area contributed by atoms with Crippen LogP contribution < -0.4 is 0 Å². The van der Waals surface area contributed by atoms with Gasteiger partial charge in [0, 0.05) is 16.6 Å². The molecule has 0 aromatic carbocycles. The fourth-order valence-corrected chi connectivity index (χ4v) is 3.06. The molecule has 3 heterocycles. The van der Waals surface area contributed by atoms with Crippen molar-refractivity contribution in [1.82, 2.24) is 20.2 Å². The van der Waals surface area contributed by atoms with Crippen molar-refractivity contribution in [3.63, 3.8) is 0 Å². The van der Waals surface area contributed by atoms with E-state index in [1.54, 1.807) is 13.1 Å². The molecule has 3 aromatic heterocycles. The lowest BCUT2D eigenvalue weighted by Gasteiger charge is -2.01. The van der Waals surface area contributed by atoms with E-state index < -0.39 is 5.97 Å². The third-order valence-corrected chi connectivity index (χ3v) is 4.19. The predicted molar refractivity (Wildman–Crippen MR) is 71.4 cm³/mol. The molecule has 0 saturated heterocycles. The largest absolute Gasteiger partial charge is 0.477 e. The zero-order chi connectivity index (χ0) is 13.6. The van der Waals surface area contributed by atoms with E-state index in [0.29, 0.717) is 15.3 Å². The number of nitrogens with zero attached hydrogens (tertiary/aromatic N) is 3. The first kappa shape index (κ1) is 11.8. The Hall–Kier alpha value is -2.28. The summed E-state index contributed by atoms with van der Waals surface area (Å²) in [4.78, 5) is 20.6. The first-order valence-electron chi connectivity index (χ1n) is 5.57. The van der Waals surface area contributed by atoms with Crippen molar-refractivity contribution in [2.24, 2.45) is 0 Å². The van der Waals surface area contributed by atoms with Crippen molar-refractivity contribution in [1.29, 1.82) is 0 Å². The predicted octanol–water partition coefficient (Wildman–Crippen LogP) is 2.40. The molecule has 7 heteroatoms. The highest BCUT2D eigenvalue weighted by Crippen LogP contribution is 2.35. The minimum absolute atomic E-state index is 0.304. The first-order valence-corrected chi connectivity index (χ1v) is 6.39. The maximum absolute atomic E-state index is 11.2. The first-order chi connectivity index (χ1) is 9.09. The van der Waals surface area contributed by atoms with Crippen LogP contribution in [0.4, 0.5) is 0 Å². The Morgan fingerprint density at radius 2 is 2.16 bits per heavy atom. The van der Waals surface area contributed by atoms with Gasteiger partial charge in [-0.05, 0) is 19.4 Å². The highest BCUT2D eigenvalue weighted by Gasteiger charge is 2.20. The minimum atomic E-state index is -0.935. The average Bonchev–Trinajstić information content (AvgIpc) is 2.94. The van der Waals surface area contributed by atoms with E-state index in [1.807, 2.05) is 6.92 Å². The lowest BCUT2D eigenvalue weighted by Crippen LogP contribution is -1.94. The van der Waals surface area contributed by atoms with Gasteiger partial charge < -0.3 is 5.11 Å². The third-order valence-electron chi connectivity index (χ3n) is 3.01. The van der Waals surface area contributed by atoms with Crippen molar-refractivity contribution in [3.8, 4) is 11.3 Å². The molecule has 0 fully saturated rings. The number of aryl methyl sites for hydroxylation is 2. The van der Waals surface area contributed by atoms with Crippen LogP contribution in [0, 0.1) is 13.8 Å². The number of aromatic carboxylic acids is 1. The zero-order valence-electron chi connectivity index (χ0n) is 10.3. The summed E-state index contributed by atoms with van der Waals surface area (Å²) in [5, 5.41) is 16.8. The molecular formula is C12H10N4O2S. The number of H-pyrrole nitrogens is 1. The van der Waals surface area contributed by atoms with Crippen LogP contribution in [-0.4, -0.2) is 31.2 Å². The van der Waals surface area contributed by atoms with E-state index in [2.05, 4.69) is 20.2 Å².